The molecule has 0 atom stereocenters. The number of halogens is 2. The fraction of sp³-hybridized carbons (Fsp3) is 0.333. The summed E-state index contributed by atoms with van der Waals surface area (Å²) in [5, 5.41) is 0. The van der Waals surface area contributed by atoms with Gasteiger partial charge in [0.1, 0.15) is 0 Å². The van der Waals surface area contributed by atoms with Crippen LogP contribution in [0.2, 0.25) is 0 Å². The largest absolute Gasteiger partial charge is 0.494 e. The van der Waals surface area contributed by atoms with E-state index in [2.05, 4.69) is 9.72 Å². The zero-order valence-electron chi connectivity index (χ0n) is 8.66. The van der Waals surface area contributed by atoms with Gasteiger partial charge in [-0.2, -0.15) is 0 Å². The van der Waals surface area contributed by atoms with Gasteiger partial charge in [0.05, 0.1) is 31.7 Å². The summed E-state index contributed by atoms with van der Waals surface area (Å²) >= 11 is 0. The van der Waals surface area contributed by atoms with Crippen LogP contribution in [0.15, 0.2) is 6.20 Å². The van der Waals surface area contributed by atoms with Gasteiger partial charge in [0, 0.05) is 0 Å². The van der Waals surface area contributed by atoms with Crippen LogP contribution in [-0.2, 0) is 4.74 Å². The summed E-state index contributed by atoms with van der Waals surface area (Å²) < 4.78 is 34.6. The average Bonchev–Trinajstić information content (AvgIpc) is 2.27. The van der Waals surface area contributed by atoms with Crippen molar-refractivity contribution in [2.24, 2.45) is 0 Å². The van der Waals surface area contributed by atoms with Crippen molar-refractivity contribution in [1.82, 2.24) is 4.98 Å². The van der Waals surface area contributed by atoms with E-state index >= 15 is 0 Å². The van der Waals surface area contributed by atoms with Crippen molar-refractivity contribution in [3.8, 4) is 5.75 Å². The highest BCUT2D eigenvalue weighted by atomic mass is 19.3. The highest BCUT2D eigenvalue weighted by molar-refractivity contribution is 5.90. The lowest BCUT2D eigenvalue weighted by Gasteiger charge is -2.12. The highest BCUT2D eigenvalue weighted by Gasteiger charge is 2.26. The Balaban J connectivity index is 3.45. The first-order valence-corrected chi connectivity index (χ1v) is 4.21. The lowest BCUT2D eigenvalue weighted by molar-refractivity contribution is 0.0580. The number of nitrogens with zero attached hydrogens (tertiary/aromatic N) is 1. The Hall–Kier alpha value is -1.92. The smallest absolute Gasteiger partial charge is 0.357 e. The van der Waals surface area contributed by atoms with Crippen LogP contribution in [0, 0.1) is 0 Å². The third-order valence-corrected chi connectivity index (χ3v) is 1.90. The summed E-state index contributed by atoms with van der Waals surface area (Å²) in [7, 11) is 2.25. The molecule has 0 aliphatic rings. The molecule has 0 saturated heterocycles. The zero-order chi connectivity index (χ0) is 12.3. The molecule has 0 spiro atoms. The van der Waals surface area contributed by atoms with Crippen LogP contribution in [0.5, 0.6) is 5.75 Å². The highest BCUT2D eigenvalue weighted by Crippen LogP contribution is 2.35. The molecule has 0 aliphatic heterocycles. The SMILES string of the molecule is COC(=O)c1ncc(N)c(OC)c1C(F)F. The van der Waals surface area contributed by atoms with E-state index in [0.717, 1.165) is 13.3 Å². The summed E-state index contributed by atoms with van der Waals surface area (Å²) in [5.74, 6) is -1.22. The Morgan fingerprint density at radius 1 is 1.50 bits per heavy atom. The van der Waals surface area contributed by atoms with Crippen molar-refractivity contribution in [3.63, 3.8) is 0 Å². The van der Waals surface area contributed by atoms with Crippen molar-refractivity contribution in [2.45, 2.75) is 6.43 Å². The van der Waals surface area contributed by atoms with Crippen LogP contribution in [0.4, 0.5) is 14.5 Å². The van der Waals surface area contributed by atoms with Gasteiger partial charge in [0.25, 0.3) is 6.43 Å². The molecule has 0 aromatic carbocycles. The van der Waals surface area contributed by atoms with Gasteiger partial charge in [-0.1, -0.05) is 0 Å². The summed E-state index contributed by atoms with van der Waals surface area (Å²) in [6, 6.07) is 0. The number of nitrogens with two attached hydrogens (primary N) is 1. The fourth-order valence-electron chi connectivity index (χ4n) is 1.21. The molecule has 0 fully saturated rings. The zero-order valence-corrected chi connectivity index (χ0v) is 8.66. The minimum Gasteiger partial charge on any atom is -0.494 e. The normalized spacial score (nSPS) is 10.3. The number of esters is 1. The van der Waals surface area contributed by atoms with Crippen LogP contribution in [-0.4, -0.2) is 25.2 Å². The Morgan fingerprint density at radius 3 is 2.56 bits per heavy atom. The second kappa shape index (κ2) is 4.73. The average molecular weight is 232 g/mol. The van der Waals surface area contributed by atoms with Crippen molar-refractivity contribution in [2.75, 3.05) is 20.0 Å². The number of methoxy groups -OCH3 is 2. The first-order chi connectivity index (χ1) is 7.52. The van der Waals surface area contributed by atoms with E-state index in [9.17, 15) is 13.6 Å². The van der Waals surface area contributed by atoms with Gasteiger partial charge < -0.3 is 15.2 Å². The molecule has 1 heterocycles. The maximum absolute atomic E-state index is 12.8. The van der Waals surface area contributed by atoms with Gasteiger partial charge in [-0.25, -0.2) is 18.6 Å². The quantitative estimate of drug-likeness (QED) is 0.797. The number of nitrogen functional groups attached to an aromatic ring is 1. The Kier molecular flexibility index (Phi) is 3.60. The first-order valence-electron chi connectivity index (χ1n) is 4.21. The van der Waals surface area contributed by atoms with E-state index in [-0.39, 0.29) is 11.4 Å². The molecule has 0 amide bonds. The third-order valence-electron chi connectivity index (χ3n) is 1.90. The molecule has 1 aromatic rings. The summed E-state index contributed by atoms with van der Waals surface area (Å²) in [6.45, 7) is 0. The fourth-order valence-corrected chi connectivity index (χ4v) is 1.21. The number of alkyl halides is 2. The Labute approximate surface area is 90.2 Å². The molecular formula is C9H10F2N2O3. The molecule has 5 nitrogen and oxygen atoms in total. The van der Waals surface area contributed by atoms with Crippen molar-refractivity contribution in [3.05, 3.63) is 17.5 Å². The van der Waals surface area contributed by atoms with Crippen LogP contribution >= 0.6 is 0 Å². The van der Waals surface area contributed by atoms with Crippen LogP contribution in [0.3, 0.4) is 0 Å². The predicted octanol–water partition coefficient (Wildman–Crippen LogP) is 1.40. The maximum Gasteiger partial charge on any atom is 0.357 e. The molecule has 0 unspecified atom stereocenters. The number of aromatic nitrogens is 1. The number of hydrogen-bond acceptors (Lipinski definition) is 5. The predicted molar refractivity (Wildman–Crippen MR) is 51.5 cm³/mol. The molecule has 88 valence electrons. The number of ether oxygens (including phenoxy) is 2. The lowest BCUT2D eigenvalue weighted by Crippen LogP contribution is -2.12. The third kappa shape index (κ3) is 2.02. The second-order valence-corrected chi connectivity index (χ2v) is 2.80. The number of carbonyl (C=O) groups is 1. The van der Waals surface area contributed by atoms with E-state index < -0.39 is 23.7 Å². The monoisotopic (exact) mass is 232 g/mol. The van der Waals surface area contributed by atoms with Gasteiger partial charge in [-0.15, -0.1) is 0 Å². The summed E-state index contributed by atoms with van der Waals surface area (Å²) in [5.41, 5.74) is 4.19. The molecule has 16 heavy (non-hydrogen) atoms. The minimum atomic E-state index is -2.93. The number of rotatable bonds is 3. The van der Waals surface area contributed by atoms with Gasteiger partial charge in [0.15, 0.2) is 11.4 Å². The van der Waals surface area contributed by atoms with Gasteiger partial charge >= 0.3 is 5.97 Å². The van der Waals surface area contributed by atoms with Gasteiger partial charge in [-0.05, 0) is 0 Å². The molecular weight excluding hydrogens is 222 g/mol. The number of hydrogen-bond donors (Lipinski definition) is 1. The van der Waals surface area contributed by atoms with E-state index in [4.69, 9.17) is 10.5 Å². The van der Waals surface area contributed by atoms with Crippen molar-refractivity contribution in [1.29, 1.82) is 0 Å². The molecule has 0 bridgehead atoms. The first kappa shape index (κ1) is 12.2. The van der Waals surface area contributed by atoms with E-state index in [0.29, 0.717) is 0 Å². The topological polar surface area (TPSA) is 74.4 Å². The number of pyridine rings is 1. The summed E-state index contributed by atoms with van der Waals surface area (Å²) in [4.78, 5) is 14.7. The molecule has 0 radical (unpaired) electrons. The van der Waals surface area contributed by atoms with Crippen LogP contribution in [0.1, 0.15) is 22.5 Å². The molecule has 2 N–H and O–H groups in total. The molecule has 0 saturated carbocycles. The summed E-state index contributed by atoms with van der Waals surface area (Å²) in [6.07, 6.45) is -1.86. The van der Waals surface area contributed by atoms with Crippen molar-refractivity contribution < 1.29 is 23.0 Å². The van der Waals surface area contributed by atoms with E-state index in [1.165, 1.54) is 7.11 Å². The molecule has 7 heteroatoms. The Bertz CT molecular complexity index is 410. The molecule has 1 aromatic heterocycles. The Morgan fingerprint density at radius 2 is 2.12 bits per heavy atom. The standard InChI is InChI=1S/C9H10F2N2O3/c1-15-7-4(12)3-13-6(9(14)16-2)5(7)8(10)11/h3,8H,12H2,1-2H3. The molecule has 1 rings (SSSR count). The molecule has 0 aliphatic carbocycles. The van der Waals surface area contributed by atoms with Gasteiger partial charge in [-0.3, -0.25) is 0 Å². The van der Waals surface area contributed by atoms with E-state index in [1.54, 1.807) is 0 Å². The van der Waals surface area contributed by atoms with E-state index in [1.807, 2.05) is 0 Å². The number of carbonyl (C=O) groups excluding carboxylic acids is 1. The van der Waals surface area contributed by atoms with Gasteiger partial charge in [0.2, 0.25) is 0 Å². The van der Waals surface area contributed by atoms with Crippen LogP contribution in [0.25, 0.3) is 0 Å². The maximum atomic E-state index is 12.8. The second-order valence-electron chi connectivity index (χ2n) is 2.80. The lowest BCUT2D eigenvalue weighted by atomic mass is 10.1. The number of anilines is 1. The minimum absolute atomic E-state index is 0.0644. The van der Waals surface area contributed by atoms with Crippen LogP contribution < -0.4 is 10.5 Å². The van der Waals surface area contributed by atoms with Crippen molar-refractivity contribution >= 4 is 11.7 Å².